The van der Waals surface area contributed by atoms with E-state index in [0.29, 0.717) is 29.8 Å². The Morgan fingerprint density at radius 2 is 1.62 bits per heavy atom. The molecule has 1 atom stereocenters. The number of nitrogens with one attached hydrogen (secondary N) is 1. The predicted molar refractivity (Wildman–Crippen MR) is 113 cm³/mol. The minimum Gasteiger partial charge on any atom is -0.502 e. The zero-order valence-electron chi connectivity index (χ0n) is 17.7. The van der Waals surface area contributed by atoms with Crippen molar-refractivity contribution >= 4 is 13.4 Å². The van der Waals surface area contributed by atoms with Crippen LogP contribution in [-0.2, 0) is 17.4 Å². The number of hydrogen-bond acceptors (Lipinski definition) is 7. The molecule has 1 heterocycles. The zero-order chi connectivity index (χ0) is 21.8. The number of pyridine rings is 1. The Kier molecular flexibility index (Phi) is 7.38. The molecule has 0 aliphatic rings. The summed E-state index contributed by atoms with van der Waals surface area (Å²) in [6.45, 7) is 7.51. The summed E-state index contributed by atoms with van der Waals surface area (Å²) in [5.74, 6) is 0.904. The van der Waals surface area contributed by atoms with Crippen molar-refractivity contribution in [2.24, 2.45) is 0 Å². The minimum absolute atomic E-state index is 0.151. The number of aryl methyl sites for hydroxylation is 1. The van der Waals surface area contributed by atoms with Crippen LogP contribution in [0.4, 0.5) is 5.82 Å². The van der Waals surface area contributed by atoms with Crippen LogP contribution in [-0.4, -0.2) is 35.5 Å². The fourth-order valence-corrected chi connectivity index (χ4v) is 4.05. The Morgan fingerprint density at radius 3 is 2.10 bits per heavy atom. The number of phenolic OH excluding ortho intramolecular Hbond substituents is 1. The van der Waals surface area contributed by atoms with E-state index >= 15 is 0 Å². The monoisotopic (exact) mass is 424 g/mol. The van der Waals surface area contributed by atoms with E-state index in [1.54, 1.807) is 6.20 Å². The van der Waals surface area contributed by atoms with Gasteiger partial charge in [-0.1, -0.05) is 13.8 Å². The van der Waals surface area contributed by atoms with Crippen LogP contribution >= 0.6 is 7.60 Å². The maximum atomic E-state index is 12.9. The molecule has 9 heteroatoms. The normalized spacial score (nSPS) is 12.9. The number of hydrogen-bond donors (Lipinski definition) is 3. The Hall–Kier alpha value is -2.44. The first-order chi connectivity index (χ1) is 13.7. The molecular formula is C20H29N2O6P. The highest BCUT2D eigenvalue weighted by molar-refractivity contribution is 7.53. The van der Waals surface area contributed by atoms with Gasteiger partial charge >= 0.3 is 7.60 Å². The minimum atomic E-state index is -4.11. The molecule has 8 nitrogen and oxygen atoms in total. The number of aromatic hydroxyl groups is 1. The third kappa shape index (κ3) is 4.77. The molecule has 3 N–H and O–H groups in total. The van der Waals surface area contributed by atoms with Gasteiger partial charge in [0.1, 0.15) is 17.9 Å². The van der Waals surface area contributed by atoms with Crippen molar-refractivity contribution in [2.75, 3.05) is 25.8 Å². The number of ether oxygens (including phenoxy) is 2. The van der Waals surface area contributed by atoms with Crippen LogP contribution < -0.4 is 19.3 Å². The second-order valence-electron chi connectivity index (χ2n) is 6.57. The van der Waals surface area contributed by atoms with Gasteiger partial charge in [-0.05, 0) is 43.9 Å². The molecule has 1 aromatic heterocycles. The quantitative estimate of drug-likeness (QED) is 0.514. The summed E-state index contributed by atoms with van der Waals surface area (Å²) >= 11 is 0. The van der Waals surface area contributed by atoms with Gasteiger partial charge in [-0.15, -0.1) is 0 Å². The van der Waals surface area contributed by atoms with Crippen LogP contribution in [0.15, 0.2) is 12.3 Å². The first-order valence-corrected chi connectivity index (χ1v) is 11.1. The van der Waals surface area contributed by atoms with E-state index in [1.807, 2.05) is 33.8 Å². The number of anilines is 1. The standard InChI is InChI=1S/C20H29N2O6P/c1-7-14-17(15(8-2)19(27-6)16(23)18(14)26-5)28-29(24,25)11-22-20-13(4)12(3)9-10-21-20/h9-10,23H,7-8,11H2,1-6H3,(H,21,22)(H,24,25). The smallest absolute Gasteiger partial charge is 0.395 e. The van der Waals surface area contributed by atoms with E-state index < -0.39 is 7.60 Å². The van der Waals surface area contributed by atoms with Gasteiger partial charge in [0, 0.05) is 17.3 Å². The summed E-state index contributed by atoms with van der Waals surface area (Å²) in [6.07, 6.45) is 2.15. The van der Waals surface area contributed by atoms with Gasteiger partial charge in [-0.25, -0.2) is 9.55 Å². The molecule has 0 aliphatic carbocycles. The lowest BCUT2D eigenvalue weighted by atomic mass is 10.0. The summed E-state index contributed by atoms with van der Waals surface area (Å²) in [7, 11) is -1.29. The molecule has 160 valence electrons. The van der Waals surface area contributed by atoms with Gasteiger partial charge in [-0.2, -0.15) is 0 Å². The van der Waals surface area contributed by atoms with Crippen molar-refractivity contribution < 1.29 is 28.6 Å². The van der Waals surface area contributed by atoms with Crippen molar-refractivity contribution in [2.45, 2.75) is 40.5 Å². The Balaban J connectivity index is 2.42. The number of phenols is 1. The molecule has 0 amide bonds. The Labute approximate surface area is 171 Å². The van der Waals surface area contributed by atoms with Crippen LogP contribution in [0.2, 0.25) is 0 Å². The third-order valence-corrected chi connectivity index (χ3v) is 5.82. The largest absolute Gasteiger partial charge is 0.502 e. The lowest BCUT2D eigenvalue weighted by Crippen LogP contribution is -2.11. The van der Waals surface area contributed by atoms with Crippen LogP contribution in [0.1, 0.15) is 36.1 Å². The van der Waals surface area contributed by atoms with Crippen molar-refractivity contribution in [3.63, 3.8) is 0 Å². The molecule has 2 rings (SSSR count). The first-order valence-electron chi connectivity index (χ1n) is 9.36. The molecule has 0 fully saturated rings. The molecular weight excluding hydrogens is 395 g/mol. The molecule has 0 aliphatic heterocycles. The van der Waals surface area contributed by atoms with Gasteiger partial charge in [0.05, 0.1) is 14.2 Å². The molecule has 0 saturated carbocycles. The molecule has 0 spiro atoms. The number of nitrogens with zero attached hydrogens (tertiary/aromatic N) is 1. The van der Waals surface area contributed by atoms with Gasteiger partial charge in [0.15, 0.2) is 11.5 Å². The average Bonchev–Trinajstić information content (AvgIpc) is 2.69. The molecule has 0 bridgehead atoms. The van der Waals surface area contributed by atoms with Crippen molar-refractivity contribution in [3.8, 4) is 23.0 Å². The number of aromatic nitrogens is 1. The molecule has 1 unspecified atom stereocenters. The SMILES string of the molecule is CCc1c(OC)c(O)c(OC)c(CC)c1OP(=O)(O)CNc1nccc(C)c1C. The fourth-order valence-electron chi connectivity index (χ4n) is 3.13. The maximum Gasteiger partial charge on any atom is 0.395 e. The lowest BCUT2D eigenvalue weighted by Gasteiger charge is -2.23. The molecule has 29 heavy (non-hydrogen) atoms. The van der Waals surface area contributed by atoms with Gasteiger partial charge < -0.3 is 29.3 Å². The topological polar surface area (TPSA) is 110 Å². The van der Waals surface area contributed by atoms with Crippen LogP contribution in [0.3, 0.4) is 0 Å². The van der Waals surface area contributed by atoms with Gasteiger partial charge in [-0.3, -0.25) is 0 Å². The highest BCUT2D eigenvalue weighted by Gasteiger charge is 2.30. The van der Waals surface area contributed by atoms with Gasteiger partial charge in [0.2, 0.25) is 5.75 Å². The van der Waals surface area contributed by atoms with E-state index in [0.717, 1.165) is 11.1 Å². The number of rotatable bonds is 9. The van der Waals surface area contributed by atoms with E-state index in [1.165, 1.54) is 14.2 Å². The van der Waals surface area contributed by atoms with Crippen molar-refractivity contribution in [1.82, 2.24) is 4.98 Å². The third-order valence-electron chi connectivity index (χ3n) is 4.80. The Morgan fingerprint density at radius 1 is 1.07 bits per heavy atom. The highest BCUT2D eigenvalue weighted by Crippen LogP contribution is 2.53. The average molecular weight is 424 g/mol. The van der Waals surface area contributed by atoms with Crippen LogP contribution in [0.25, 0.3) is 0 Å². The maximum absolute atomic E-state index is 12.9. The second kappa shape index (κ2) is 9.37. The molecule has 0 saturated heterocycles. The summed E-state index contributed by atoms with van der Waals surface area (Å²) < 4.78 is 29.1. The van der Waals surface area contributed by atoms with Gasteiger partial charge in [0.25, 0.3) is 0 Å². The molecule has 1 aromatic carbocycles. The van der Waals surface area contributed by atoms with E-state index in [-0.39, 0.29) is 29.3 Å². The summed E-state index contributed by atoms with van der Waals surface area (Å²) in [5, 5.41) is 13.4. The summed E-state index contributed by atoms with van der Waals surface area (Å²) in [5.41, 5.74) is 2.92. The Bertz CT molecular complexity index is 899. The van der Waals surface area contributed by atoms with Crippen LogP contribution in [0, 0.1) is 13.8 Å². The summed E-state index contributed by atoms with van der Waals surface area (Å²) in [6, 6.07) is 1.87. The fraction of sp³-hybridized carbons (Fsp3) is 0.450. The van der Waals surface area contributed by atoms with Crippen LogP contribution in [0.5, 0.6) is 23.0 Å². The number of methoxy groups -OCH3 is 2. The van der Waals surface area contributed by atoms with Crippen molar-refractivity contribution in [3.05, 3.63) is 34.5 Å². The van der Waals surface area contributed by atoms with E-state index in [9.17, 15) is 14.6 Å². The van der Waals surface area contributed by atoms with Crippen molar-refractivity contribution in [1.29, 1.82) is 0 Å². The second-order valence-corrected chi connectivity index (χ2v) is 8.35. The molecule has 0 radical (unpaired) electrons. The van der Waals surface area contributed by atoms with E-state index in [4.69, 9.17) is 14.0 Å². The highest BCUT2D eigenvalue weighted by atomic mass is 31.2. The predicted octanol–water partition coefficient (Wildman–Crippen LogP) is 4.18. The summed E-state index contributed by atoms with van der Waals surface area (Å²) in [4.78, 5) is 14.7. The molecule has 2 aromatic rings. The zero-order valence-corrected chi connectivity index (χ0v) is 18.6. The van der Waals surface area contributed by atoms with E-state index in [2.05, 4.69) is 10.3 Å². The number of benzene rings is 1. The lowest BCUT2D eigenvalue weighted by molar-refractivity contribution is 0.327. The first kappa shape index (κ1) is 22.8.